The van der Waals surface area contributed by atoms with Crippen molar-refractivity contribution in [2.75, 3.05) is 0 Å². The zero-order chi connectivity index (χ0) is 11.8. The van der Waals surface area contributed by atoms with E-state index in [1.807, 2.05) is 30.3 Å². The maximum atomic E-state index is 6.26. The van der Waals surface area contributed by atoms with E-state index in [1.54, 1.807) is 12.2 Å². The van der Waals surface area contributed by atoms with Crippen LogP contribution in [-0.2, 0) is 0 Å². The molecule has 1 atom stereocenters. The van der Waals surface area contributed by atoms with Gasteiger partial charge in [-0.3, -0.25) is 0 Å². The van der Waals surface area contributed by atoms with Crippen molar-refractivity contribution in [1.82, 2.24) is 0 Å². The Labute approximate surface area is 114 Å². The summed E-state index contributed by atoms with van der Waals surface area (Å²) in [5, 5.41) is -0.177. The summed E-state index contributed by atoms with van der Waals surface area (Å²) >= 11 is 24.5. The maximum Gasteiger partial charge on any atom is 0.164 e. The Hall–Kier alpha value is -0.140. The fourth-order valence-corrected chi connectivity index (χ4v) is 2.68. The quantitative estimate of drug-likeness (QED) is 0.640. The Kier molecular flexibility index (Phi) is 3.56. The van der Waals surface area contributed by atoms with Crippen LogP contribution < -0.4 is 0 Å². The number of benzene rings is 1. The molecule has 0 saturated heterocycles. The van der Waals surface area contributed by atoms with Crippen molar-refractivity contribution in [2.24, 2.45) is 0 Å². The minimum Gasteiger partial charge on any atom is -0.113 e. The lowest BCUT2D eigenvalue weighted by Gasteiger charge is -2.30. The second-order valence-corrected chi connectivity index (χ2v) is 5.74. The van der Waals surface area contributed by atoms with E-state index in [9.17, 15) is 0 Å². The number of hydrogen-bond donors (Lipinski definition) is 0. The summed E-state index contributed by atoms with van der Waals surface area (Å²) in [7, 11) is 0. The number of allylic oxidation sites excluding steroid dienone is 4. The summed E-state index contributed by atoms with van der Waals surface area (Å²) in [4.78, 5) is 0. The Morgan fingerprint density at radius 3 is 2.25 bits per heavy atom. The lowest BCUT2D eigenvalue weighted by molar-refractivity contribution is 0.973. The van der Waals surface area contributed by atoms with E-state index in [0.717, 1.165) is 11.1 Å². The van der Waals surface area contributed by atoms with E-state index >= 15 is 0 Å². The molecule has 84 valence electrons. The van der Waals surface area contributed by atoms with Gasteiger partial charge >= 0.3 is 0 Å². The van der Waals surface area contributed by atoms with E-state index in [4.69, 9.17) is 46.4 Å². The van der Waals surface area contributed by atoms with Crippen LogP contribution in [0.2, 0.25) is 0 Å². The predicted molar refractivity (Wildman–Crippen MR) is 72.4 cm³/mol. The van der Waals surface area contributed by atoms with E-state index in [0.29, 0.717) is 5.03 Å². The van der Waals surface area contributed by atoms with E-state index < -0.39 is 9.71 Å². The lowest BCUT2D eigenvalue weighted by atomic mass is 9.96. The first-order valence-electron chi connectivity index (χ1n) is 4.68. The van der Waals surface area contributed by atoms with Gasteiger partial charge in [0.1, 0.15) is 5.38 Å². The van der Waals surface area contributed by atoms with Crippen molar-refractivity contribution in [3.63, 3.8) is 0 Å². The van der Waals surface area contributed by atoms with Gasteiger partial charge in [0, 0.05) is 5.03 Å². The molecule has 0 aromatic heterocycles. The highest BCUT2D eigenvalue weighted by Crippen LogP contribution is 2.47. The fourth-order valence-electron chi connectivity index (χ4n) is 1.57. The third-order valence-electron chi connectivity index (χ3n) is 2.41. The Balaban J connectivity index is 2.49. The van der Waals surface area contributed by atoms with Crippen LogP contribution in [0.15, 0.2) is 47.5 Å². The van der Waals surface area contributed by atoms with Gasteiger partial charge in [-0.2, -0.15) is 0 Å². The molecule has 0 N–H and O–H groups in total. The topological polar surface area (TPSA) is 0 Å². The van der Waals surface area contributed by atoms with Gasteiger partial charge < -0.3 is 0 Å². The third-order valence-corrected chi connectivity index (χ3v) is 4.50. The van der Waals surface area contributed by atoms with Crippen LogP contribution in [0.4, 0.5) is 0 Å². The number of rotatable bonds is 1. The molecule has 16 heavy (non-hydrogen) atoms. The molecule has 2 rings (SSSR count). The third kappa shape index (κ3) is 2.12. The van der Waals surface area contributed by atoms with Crippen LogP contribution in [0.1, 0.15) is 5.56 Å². The molecule has 0 bridgehead atoms. The van der Waals surface area contributed by atoms with Gasteiger partial charge in [0.2, 0.25) is 0 Å². The SMILES string of the molecule is ClC1=CC=C(c2ccccc2)C(Cl)(Cl)C1Cl. The van der Waals surface area contributed by atoms with Crippen molar-refractivity contribution >= 4 is 52.0 Å². The van der Waals surface area contributed by atoms with Gasteiger partial charge in [0.05, 0.1) is 0 Å². The molecular formula is C12H8Cl4. The summed E-state index contributed by atoms with van der Waals surface area (Å²) in [6, 6.07) is 9.63. The monoisotopic (exact) mass is 292 g/mol. The molecule has 0 radical (unpaired) electrons. The highest BCUT2D eigenvalue weighted by molar-refractivity contribution is 6.60. The summed E-state index contributed by atoms with van der Waals surface area (Å²) in [5.74, 6) is 0. The van der Waals surface area contributed by atoms with Crippen molar-refractivity contribution in [2.45, 2.75) is 9.71 Å². The second kappa shape index (κ2) is 4.62. The molecule has 1 aliphatic rings. The first-order chi connectivity index (χ1) is 7.53. The Morgan fingerprint density at radius 1 is 1.00 bits per heavy atom. The molecule has 4 heteroatoms. The standard InChI is InChI=1S/C12H8Cl4/c13-10-7-6-9(12(15,16)11(10)14)8-4-2-1-3-5-8/h1-7,11H. The van der Waals surface area contributed by atoms with Gasteiger partial charge in [0.25, 0.3) is 0 Å². The Morgan fingerprint density at radius 2 is 1.62 bits per heavy atom. The molecule has 0 saturated carbocycles. The molecule has 1 aliphatic carbocycles. The largest absolute Gasteiger partial charge is 0.164 e. The van der Waals surface area contributed by atoms with E-state index in [-0.39, 0.29) is 0 Å². The summed E-state index contributed by atoms with van der Waals surface area (Å²) in [6.07, 6.45) is 3.53. The molecule has 0 aliphatic heterocycles. The van der Waals surface area contributed by atoms with Crippen molar-refractivity contribution in [3.05, 3.63) is 53.1 Å². The van der Waals surface area contributed by atoms with Crippen molar-refractivity contribution in [3.8, 4) is 0 Å². The molecule has 0 amide bonds. The maximum absolute atomic E-state index is 6.26. The molecular weight excluding hydrogens is 286 g/mol. The average molecular weight is 294 g/mol. The molecule has 0 nitrogen and oxygen atoms in total. The summed E-state index contributed by atoms with van der Waals surface area (Å²) < 4.78 is -1.20. The van der Waals surface area contributed by atoms with Crippen LogP contribution in [0, 0.1) is 0 Å². The average Bonchev–Trinajstić information content (AvgIpc) is 2.27. The minimum atomic E-state index is -1.20. The zero-order valence-electron chi connectivity index (χ0n) is 8.13. The Bertz CT molecular complexity index is 445. The van der Waals surface area contributed by atoms with Gasteiger partial charge in [-0.05, 0) is 17.2 Å². The lowest BCUT2D eigenvalue weighted by Crippen LogP contribution is -2.30. The second-order valence-electron chi connectivity index (χ2n) is 3.48. The summed E-state index contributed by atoms with van der Waals surface area (Å²) in [5.41, 5.74) is 1.71. The summed E-state index contributed by atoms with van der Waals surface area (Å²) in [6.45, 7) is 0. The molecule has 1 unspecified atom stereocenters. The zero-order valence-corrected chi connectivity index (χ0v) is 11.2. The molecule has 0 heterocycles. The van der Waals surface area contributed by atoms with E-state index in [2.05, 4.69) is 0 Å². The van der Waals surface area contributed by atoms with Crippen LogP contribution in [0.25, 0.3) is 5.57 Å². The number of alkyl halides is 3. The fraction of sp³-hybridized carbons (Fsp3) is 0.167. The van der Waals surface area contributed by atoms with Gasteiger partial charge in [-0.25, -0.2) is 0 Å². The smallest absolute Gasteiger partial charge is 0.113 e. The molecule has 1 aromatic carbocycles. The number of halogens is 4. The van der Waals surface area contributed by atoms with Gasteiger partial charge in [0.15, 0.2) is 4.33 Å². The van der Waals surface area contributed by atoms with Crippen molar-refractivity contribution < 1.29 is 0 Å². The first kappa shape index (κ1) is 12.3. The molecule has 0 fully saturated rings. The normalized spacial score (nSPS) is 23.6. The van der Waals surface area contributed by atoms with Crippen molar-refractivity contribution in [1.29, 1.82) is 0 Å². The number of hydrogen-bond acceptors (Lipinski definition) is 0. The highest BCUT2D eigenvalue weighted by Gasteiger charge is 2.41. The molecule has 0 spiro atoms. The minimum absolute atomic E-state index is 0.450. The van der Waals surface area contributed by atoms with Crippen LogP contribution in [-0.4, -0.2) is 9.71 Å². The van der Waals surface area contributed by atoms with Gasteiger partial charge in [-0.1, -0.05) is 71.2 Å². The molecule has 1 aromatic rings. The van der Waals surface area contributed by atoms with Crippen LogP contribution in [0.3, 0.4) is 0 Å². The predicted octanol–water partition coefficient (Wildman–Crippen LogP) is 4.99. The van der Waals surface area contributed by atoms with E-state index in [1.165, 1.54) is 0 Å². The first-order valence-corrected chi connectivity index (χ1v) is 6.25. The van der Waals surface area contributed by atoms with Gasteiger partial charge in [-0.15, -0.1) is 11.6 Å². The van der Waals surface area contributed by atoms with Crippen LogP contribution in [0.5, 0.6) is 0 Å². The highest BCUT2D eigenvalue weighted by atomic mass is 35.5. The van der Waals surface area contributed by atoms with Crippen LogP contribution >= 0.6 is 46.4 Å².